The molecule has 0 saturated carbocycles. The number of thioether (sulfide) groups is 1. The molecule has 0 unspecified atom stereocenters. The van der Waals surface area contributed by atoms with E-state index in [4.69, 9.17) is 4.98 Å². The maximum Gasteiger partial charge on any atom is 0.330 e. The number of rotatable bonds is 9. The van der Waals surface area contributed by atoms with Crippen LogP contribution in [0, 0.1) is 0 Å². The third-order valence-electron chi connectivity index (χ3n) is 5.49. The largest absolute Gasteiger partial charge is 0.330 e. The van der Waals surface area contributed by atoms with Crippen molar-refractivity contribution >= 4 is 22.9 Å². The van der Waals surface area contributed by atoms with Crippen molar-refractivity contribution in [3.8, 4) is 11.3 Å². The second-order valence-corrected chi connectivity index (χ2v) is 8.70. The third kappa shape index (κ3) is 4.17. The Morgan fingerprint density at radius 2 is 1.81 bits per heavy atom. The van der Waals surface area contributed by atoms with E-state index in [0.717, 1.165) is 41.5 Å². The quantitative estimate of drug-likeness (QED) is 0.390. The number of unbranched alkanes of at least 4 members (excludes halogenated alkanes) is 1. The average molecular weight is 453 g/mol. The van der Waals surface area contributed by atoms with Crippen LogP contribution in [0.1, 0.15) is 38.9 Å². The molecule has 0 radical (unpaired) electrons. The molecule has 0 aliphatic carbocycles. The molecule has 32 heavy (non-hydrogen) atoms. The minimum Gasteiger partial charge on any atom is -0.322 e. The molecule has 1 N–H and O–H groups in total. The molecule has 168 valence electrons. The van der Waals surface area contributed by atoms with Crippen molar-refractivity contribution in [3.05, 3.63) is 63.2 Å². The predicted molar refractivity (Wildman–Crippen MR) is 128 cm³/mol. The monoisotopic (exact) mass is 452 g/mol. The maximum atomic E-state index is 12.7. The van der Waals surface area contributed by atoms with Crippen LogP contribution in [-0.4, -0.2) is 28.7 Å². The Morgan fingerprint density at radius 1 is 1.03 bits per heavy atom. The minimum absolute atomic E-state index is 0.377. The van der Waals surface area contributed by atoms with Crippen LogP contribution >= 0.6 is 11.8 Å². The van der Waals surface area contributed by atoms with Crippen LogP contribution in [0.3, 0.4) is 0 Å². The summed E-state index contributed by atoms with van der Waals surface area (Å²) in [5.41, 5.74) is 2.33. The lowest BCUT2D eigenvalue weighted by Crippen LogP contribution is -2.31. The molecule has 0 spiro atoms. The van der Waals surface area contributed by atoms with Crippen LogP contribution in [-0.2, 0) is 25.9 Å². The summed E-state index contributed by atoms with van der Waals surface area (Å²) in [6, 6.07) is 10.1. The first kappa shape index (κ1) is 22.1. The highest BCUT2D eigenvalue weighted by molar-refractivity contribution is 7.98. The summed E-state index contributed by atoms with van der Waals surface area (Å²) >= 11 is 1.57. The van der Waals surface area contributed by atoms with Crippen molar-refractivity contribution in [2.24, 2.45) is 7.05 Å². The number of nitrogens with zero attached hydrogens (tertiary/aromatic N) is 5. The number of aryl methyl sites for hydroxylation is 2. The molecule has 4 rings (SSSR count). The molecule has 8 nitrogen and oxygen atoms in total. The number of imidazole rings is 2. The fraction of sp³-hybridized carbons (Fsp3) is 0.391. The SMILES string of the molecule is CCCCn1c(=O)[nH]c(=O)c2c1nc(CSc1ncc(-c3ccccc3)n1C)n2CCC. The molecule has 0 bridgehead atoms. The number of benzene rings is 1. The lowest BCUT2D eigenvalue weighted by Gasteiger charge is -2.08. The van der Waals surface area contributed by atoms with E-state index in [1.165, 1.54) is 0 Å². The Morgan fingerprint density at radius 3 is 2.53 bits per heavy atom. The number of fused-ring (bicyclic) bond motifs is 1. The summed E-state index contributed by atoms with van der Waals surface area (Å²) in [6.07, 6.45) is 4.53. The smallest absolute Gasteiger partial charge is 0.322 e. The molecule has 0 saturated heterocycles. The first-order chi connectivity index (χ1) is 15.5. The number of aromatic amines is 1. The zero-order valence-corrected chi connectivity index (χ0v) is 19.5. The summed E-state index contributed by atoms with van der Waals surface area (Å²) in [5, 5.41) is 0.872. The van der Waals surface area contributed by atoms with Crippen LogP contribution in [0.25, 0.3) is 22.4 Å². The van der Waals surface area contributed by atoms with E-state index >= 15 is 0 Å². The molecule has 0 aliphatic heterocycles. The van der Waals surface area contributed by atoms with Crippen molar-refractivity contribution in [1.82, 2.24) is 28.7 Å². The topological polar surface area (TPSA) is 90.5 Å². The molecule has 4 aromatic rings. The van der Waals surface area contributed by atoms with Gasteiger partial charge in [-0.1, -0.05) is 62.4 Å². The fourth-order valence-corrected chi connectivity index (χ4v) is 4.75. The van der Waals surface area contributed by atoms with Crippen LogP contribution in [0.4, 0.5) is 0 Å². The standard InChI is InChI=1S/C23H28N6O2S/c1-4-6-13-29-20-19(21(30)26-22(29)31)28(12-5-2)18(25-20)15-32-23-24-14-17(27(23)3)16-10-8-7-9-11-16/h7-11,14H,4-6,12-13,15H2,1-3H3,(H,26,30,31). The summed E-state index contributed by atoms with van der Waals surface area (Å²) < 4.78 is 5.61. The van der Waals surface area contributed by atoms with Gasteiger partial charge in [-0.3, -0.25) is 14.3 Å². The highest BCUT2D eigenvalue weighted by Gasteiger charge is 2.19. The molecule has 3 aromatic heterocycles. The zero-order chi connectivity index (χ0) is 22.7. The first-order valence-electron chi connectivity index (χ1n) is 11.0. The molecule has 0 fully saturated rings. The number of H-pyrrole nitrogens is 1. The molecule has 0 aliphatic rings. The van der Waals surface area contributed by atoms with Gasteiger partial charge < -0.3 is 9.13 Å². The zero-order valence-electron chi connectivity index (χ0n) is 18.7. The number of nitrogens with one attached hydrogen (secondary N) is 1. The first-order valence-corrected chi connectivity index (χ1v) is 12.0. The van der Waals surface area contributed by atoms with Crippen LogP contribution in [0.2, 0.25) is 0 Å². The molecule has 0 amide bonds. The van der Waals surface area contributed by atoms with Crippen molar-refractivity contribution in [3.63, 3.8) is 0 Å². The van der Waals surface area contributed by atoms with Gasteiger partial charge in [0.1, 0.15) is 5.82 Å². The van der Waals surface area contributed by atoms with E-state index in [0.29, 0.717) is 30.0 Å². The lowest BCUT2D eigenvalue weighted by molar-refractivity contribution is 0.612. The van der Waals surface area contributed by atoms with Crippen molar-refractivity contribution in [2.45, 2.75) is 57.1 Å². The molecular formula is C23H28N6O2S. The Bertz CT molecular complexity index is 1330. The predicted octanol–water partition coefficient (Wildman–Crippen LogP) is 3.79. The van der Waals surface area contributed by atoms with Crippen LogP contribution in [0.5, 0.6) is 0 Å². The van der Waals surface area contributed by atoms with Gasteiger partial charge in [0.15, 0.2) is 16.3 Å². The highest BCUT2D eigenvalue weighted by Crippen LogP contribution is 2.27. The molecular weight excluding hydrogens is 424 g/mol. The highest BCUT2D eigenvalue weighted by atomic mass is 32.2. The normalized spacial score (nSPS) is 11.5. The van der Waals surface area contributed by atoms with E-state index in [9.17, 15) is 9.59 Å². The van der Waals surface area contributed by atoms with Crippen LogP contribution < -0.4 is 11.2 Å². The van der Waals surface area contributed by atoms with Crippen LogP contribution in [0.15, 0.2) is 51.3 Å². The van der Waals surface area contributed by atoms with Gasteiger partial charge in [-0.25, -0.2) is 14.8 Å². The second-order valence-electron chi connectivity index (χ2n) is 7.76. The van der Waals surface area contributed by atoms with Gasteiger partial charge in [0.2, 0.25) is 0 Å². The van der Waals surface area contributed by atoms with Gasteiger partial charge in [-0.2, -0.15) is 0 Å². The van der Waals surface area contributed by atoms with E-state index in [1.54, 1.807) is 16.3 Å². The summed E-state index contributed by atoms with van der Waals surface area (Å²) in [5.74, 6) is 1.33. The summed E-state index contributed by atoms with van der Waals surface area (Å²) in [6.45, 7) is 5.34. The number of hydrogen-bond donors (Lipinski definition) is 1. The Balaban J connectivity index is 1.70. The van der Waals surface area contributed by atoms with Crippen molar-refractivity contribution < 1.29 is 0 Å². The van der Waals surface area contributed by atoms with Crippen molar-refractivity contribution in [2.75, 3.05) is 0 Å². The maximum absolute atomic E-state index is 12.7. The number of hydrogen-bond acceptors (Lipinski definition) is 5. The second kappa shape index (κ2) is 9.60. The summed E-state index contributed by atoms with van der Waals surface area (Å²) in [7, 11) is 2.00. The van der Waals surface area contributed by atoms with E-state index < -0.39 is 5.69 Å². The average Bonchev–Trinajstić information content (AvgIpc) is 3.33. The fourth-order valence-electron chi connectivity index (χ4n) is 3.85. The van der Waals surface area contributed by atoms with Gasteiger partial charge in [0.25, 0.3) is 5.56 Å². The minimum atomic E-state index is -0.395. The Labute approximate surface area is 190 Å². The van der Waals surface area contributed by atoms with Gasteiger partial charge in [0.05, 0.1) is 17.6 Å². The molecule has 1 aromatic carbocycles. The Kier molecular flexibility index (Phi) is 6.64. The van der Waals surface area contributed by atoms with Gasteiger partial charge >= 0.3 is 5.69 Å². The number of aromatic nitrogens is 6. The lowest BCUT2D eigenvalue weighted by atomic mass is 10.2. The van der Waals surface area contributed by atoms with Gasteiger partial charge in [-0.05, 0) is 18.4 Å². The molecule has 9 heteroatoms. The van der Waals surface area contributed by atoms with Gasteiger partial charge in [-0.15, -0.1) is 0 Å². The molecule has 0 atom stereocenters. The summed E-state index contributed by atoms with van der Waals surface area (Å²) in [4.78, 5) is 36.9. The van der Waals surface area contributed by atoms with Gasteiger partial charge in [0, 0.05) is 20.1 Å². The molecule has 3 heterocycles. The Hall–Kier alpha value is -3.07. The van der Waals surface area contributed by atoms with E-state index in [2.05, 4.69) is 40.5 Å². The third-order valence-corrected chi connectivity index (χ3v) is 6.53. The van der Waals surface area contributed by atoms with E-state index in [-0.39, 0.29) is 5.56 Å². The van der Waals surface area contributed by atoms with Crippen molar-refractivity contribution in [1.29, 1.82) is 0 Å². The van der Waals surface area contributed by atoms with E-state index in [1.807, 2.05) is 36.0 Å².